The molecule has 0 saturated carbocycles. The third kappa shape index (κ3) is 4.87. The predicted molar refractivity (Wildman–Crippen MR) is 90.3 cm³/mol. The second-order valence-corrected chi connectivity index (χ2v) is 5.64. The van der Waals surface area contributed by atoms with Gasteiger partial charge in [-0.25, -0.2) is 0 Å². The largest absolute Gasteiger partial charge is 0.394 e. The number of aryl methyl sites for hydroxylation is 1. The molecule has 23 heavy (non-hydrogen) atoms. The van der Waals surface area contributed by atoms with Crippen molar-refractivity contribution in [2.45, 2.75) is 31.8 Å². The summed E-state index contributed by atoms with van der Waals surface area (Å²) < 4.78 is 0. The molecule has 0 aliphatic carbocycles. The Kier molecular flexibility index (Phi) is 6.26. The molecule has 2 unspecified atom stereocenters. The number of aliphatic hydroxyl groups excluding tert-OH is 1. The van der Waals surface area contributed by atoms with Crippen LogP contribution in [0.4, 0.5) is 5.69 Å². The highest BCUT2D eigenvalue weighted by molar-refractivity contribution is 5.39. The van der Waals surface area contributed by atoms with E-state index in [9.17, 15) is 15.2 Å². The molecule has 0 radical (unpaired) electrons. The lowest BCUT2D eigenvalue weighted by molar-refractivity contribution is -0.385. The van der Waals surface area contributed by atoms with Crippen LogP contribution in [-0.2, 0) is 6.42 Å². The molecule has 0 saturated heterocycles. The van der Waals surface area contributed by atoms with E-state index in [1.54, 1.807) is 12.1 Å². The maximum atomic E-state index is 11.0. The Hall–Kier alpha value is -2.24. The SMILES string of the molecule is CC(CCc1ccccc1[N+](=O)[O-])NC(CO)c1ccccc1. The van der Waals surface area contributed by atoms with E-state index in [-0.39, 0.29) is 29.3 Å². The highest BCUT2D eigenvalue weighted by atomic mass is 16.6. The topological polar surface area (TPSA) is 75.4 Å². The average Bonchev–Trinajstić information content (AvgIpc) is 2.58. The minimum Gasteiger partial charge on any atom is -0.394 e. The first kappa shape index (κ1) is 17.1. The van der Waals surface area contributed by atoms with Crippen molar-refractivity contribution in [3.63, 3.8) is 0 Å². The fourth-order valence-corrected chi connectivity index (χ4v) is 2.64. The number of para-hydroxylation sites is 1. The van der Waals surface area contributed by atoms with Gasteiger partial charge in [0.25, 0.3) is 5.69 Å². The molecular weight excluding hydrogens is 292 g/mol. The Morgan fingerprint density at radius 2 is 1.78 bits per heavy atom. The fraction of sp³-hybridized carbons (Fsp3) is 0.333. The van der Waals surface area contributed by atoms with E-state index in [2.05, 4.69) is 5.32 Å². The number of nitro groups is 1. The van der Waals surface area contributed by atoms with E-state index in [1.807, 2.05) is 43.3 Å². The summed E-state index contributed by atoms with van der Waals surface area (Å²) in [4.78, 5) is 10.7. The lowest BCUT2D eigenvalue weighted by Crippen LogP contribution is -2.33. The molecule has 2 aromatic carbocycles. The van der Waals surface area contributed by atoms with E-state index in [4.69, 9.17) is 0 Å². The molecule has 0 aromatic heterocycles. The molecule has 0 bridgehead atoms. The van der Waals surface area contributed by atoms with Crippen LogP contribution in [0.25, 0.3) is 0 Å². The molecular formula is C18H22N2O3. The van der Waals surface area contributed by atoms with Crippen molar-refractivity contribution in [3.8, 4) is 0 Å². The van der Waals surface area contributed by atoms with E-state index in [1.165, 1.54) is 6.07 Å². The summed E-state index contributed by atoms with van der Waals surface area (Å²) in [6.45, 7) is 2.04. The zero-order valence-electron chi connectivity index (χ0n) is 13.2. The van der Waals surface area contributed by atoms with Crippen molar-refractivity contribution in [1.29, 1.82) is 0 Å². The van der Waals surface area contributed by atoms with Crippen LogP contribution in [0.5, 0.6) is 0 Å². The van der Waals surface area contributed by atoms with Crippen LogP contribution in [0.2, 0.25) is 0 Å². The van der Waals surface area contributed by atoms with Gasteiger partial charge in [-0.15, -0.1) is 0 Å². The van der Waals surface area contributed by atoms with Gasteiger partial charge >= 0.3 is 0 Å². The van der Waals surface area contributed by atoms with Crippen LogP contribution >= 0.6 is 0 Å². The Balaban J connectivity index is 1.95. The molecule has 0 amide bonds. The number of nitrogens with zero attached hydrogens (tertiary/aromatic N) is 1. The molecule has 2 N–H and O–H groups in total. The first-order chi connectivity index (χ1) is 11.1. The highest BCUT2D eigenvalue weighted by Gasteiger charge is 2.16. The van der Waals surface area contributed by atoms with Crippen molar-refractivity contribution >= 4 is 5.69 Å². The molecule has 2 rings (SSSR count). The van der Waals surface area contributed by atoms with Crippen LogP contribution in [0.15, 0.2) is 54.6 Å². The summed E-state index contributed by atoms with van der Waals surface area (Å²) in [6, 6.07) is 16.6. The first-order valence-electron chi connectivity index (χ1n) is 7.76. The fourth-order valence-electron chi connectivity index (χ4n) is 2.64. The number of nitrogens with one attached hydrogen (secondary N) is 1. The molecule has 2 aromatic rings. The van der Waals surface area contributed by atoms with Crippen molar-refractivity contribution in [2.24, 2.45) is 0 Å². The number of hydrogen-bond donors (Lipinski definition) is 2. The van der Waals surface area contributed by atoms with Crippen molar-refractivity contribution in [2.75, 3.05) is 6.61 Å². The van der Waals surface area contributed by atoms with Gasteiger partial charge in [0.1, 0.15) is 0 Å². The third-order valence-corrected chi connectivity index (χ3v) is 3.91. The zero-order valence-corrected chi connectivity index (χ0v) is 13.2. The summed E-state index contributed by atoms with van der Waals surface area (Å²) in [6.07, 6.45) is 1.38. The summed E-state index contributed by atoms with van der Waals surface area (Å²) in [5.74, 6) is 0. The maximum Gasteiger partial charge on any atom is 0.272 e. The van der Waals surface area contributed by atoms with Gasteiger partial charge in [0.05, 0.1) is 17.6 Å². The molecule has 0 heterocycles. The van der Waals surface area contributed by atoms with Gasteiger partial charge in [0, 0.05) is 17.7 Å². The standard InChI is InChI=1S/C18H22N2O3/c1-14(19-17(13-21)15-7-3-2-4-8-15)11-12-16-9-5-6-10-18(16)20(22)23/h2-10,14,17,19,21H,11-13H2,1H3. The Morgan fingerprint density at radius 1 is 1.13 bits per heavy atom. The smallest absolute Gasteiger partial charge is 0.272 e. The third-order valence-electron chi connectivity index (χ3n) is 3.91. The summed E-state index contributed by atoms with van der Waals surface area (Å²) in [7, 11) is 0. The number of nitro benzene ring substituents is 1. The summed E-state index contributed by atoms with van der Waals surface area (Å²) >= 11 is 0. The number of rotatable bonds is 8. The van der Waals surface area contributed by atoms with Crippen LogP contribution < -0.4 is 5.32 Å². The van der Waals surface area contributed by atoms with Gasteiger partial charge < -0.3 is 10.4 Å². The lowest BCUT2D eigenvalue weighted by Gasteiger charge is -2.22. The summed E-state index contributed by atoms with van der Waals surface area (Å²) in [5, 5.41) is 24.0. The van der Waals surface area contributed by atoms with E-state index < -0.39 is 0 Å². The van der Waals surface area contributed by atoms with Crippen molar-refractivity contribution < 1.29 is 10.0 Å². The quantitative estimate of drug-likeness (QED) is 0.579. The van der Waals surface area contributed by atoms with Gasteiger partial charge in [0.2, 0.25) is 0 Å². The number of hydrogen-bond acceptors (Lipinski definition) is 4. The monoisotopic (exact) mass is 314 g/mol. The van der Waals surface area contributed by atoms with Gasteiger partial charge in [-0.1, -0.05) is 48.5 Å². The van der Waals surface area contributed by atoms with Crippen LogP contribution in [0.3, 0.4) is 0 Å². The maximum absolute atomic E-state index is 11.0. The van der Waals surface area contributed by atoms with E-state index in [0.29, 0.717) is 6.42 Å². The summed E-state index contributed by atoms with van der Waals surface area (Å²) in [5.41, 5.74) is 1.94. The first-order valence-corrected chi connectivity index (χ1v) is 7.76. The minimum absolute atomic E-state index is 0.0137. The highest BCUT2D eigenvalue weighted by Crippen LogP contribution is 2.20. The molecule has 0 aliphatic rings. The molecule has 5 heteroatoms. The molecule has 5 nitrogen and oxygen atoms in total. The van der Waals surface area contributed by atoms with E-state index in [0.717, 1.165) is 17.5 Å². The molecule has 2 atom stereocenters. The van der Waals surface area contributed by atoms with Crippen LogP contribution in [0, 0.1) is 10.1 Å². The van der Waals surface area contributed by atoms with Crippen LogP contribution in [0.1, 0.15) is 30.5 Å². The van der Waals surface area contributed by atoms with Crippen molar-refractivity contribution in [3.05, 3.63) is 75.8 Å². The van der Waals surface area contributed by atoms with Crippen molar-refractivity contribution in [1.82, 2.24) is 5.32 Å². The number of benzene rings is 2. The molecule has 0 aliphatic heterocycles. The zero-order chi connectivity index (χ0) is 16.7. The van der Waals surface area contributed by atoms with Gasteiger partial charge in [-0.2, -0.15) is 0 Å². The van der Waals surface area contributed by atoms with Crippen LogP contribution in [-0.4, -0.2) is 22.7 Å². The van der Waals surface area contributed by atoms with Gasteiger partial charge in [0.15, 0.2) is 0 Å². The Labute approximate surface area is 136 Å². The van der Waals surface area contributed by atoms with Gasteiger partial charge in [-0.05, 0) is 25.3 Å². The Morgan fingerprint density at radius 3 is 2.43 bits per heavy atom. The predicted octanol–water partition coefficient (Wildman–Crippen LogP) is 3.24. The lowest BCUT2D eigenvalue weighted by atomic mass is 10.0. The average molecular weight is 314 g/mol. The number of aliphatic hydroxyl groups is 1. The molecule has 0 spiro atoms. The van der Waals surface area contributed by atoms with E-state index >= 15 is 0 Å². The minimum atomic E-state index is -0.339. The van der Waals surface area contributed by atoms with Gasteiger partial charge in [-0.3, -0.25) is 10.1 Å². The molecule has 0 fully saturated rings. The second-order valence-electron chi connectivity index (χ2n) is 5.64. The second kappa shape index (κ2) is 8.41. The Bertz CT molecular complexity index is 631. The molecule has 122 valence electrons. The normalized spacial score (nSPS) is 13.5.